The third-order valence-electron chi connectivity index (χ3n) is 15.9. The molecule has 2 N–H and O–H groups in total. The Morgan fingerprint density at radius 3 is 2.36 bits per heavy atom. The summed E-state index contributed by atoms with van der Waals surface area (Å²) in [7, 11) is -0.216. The van der Waals surface area contributed by atoms with Crippen molar-refractivity contribution in [1.29, 1.82) is 0 Å². The second-order valence-electron chi connectivity index (χ2n) is 21.7. The van der Waals surface area contributed by atoms with E-state index in [0.717, 1.165) is 17.5 Å². The quantitative estimate of drug-likeness (QED) is 0.0394. The summed E-state index contributed by atoms with van der Waals surface area (Å²) in [4.78, 5) is 69.7. The maximum Gasteiger partial charge on any atom is 0.410 e. The highest BCUT2D eigenvalue weighted by molar-refractivity contribution is 14.1. The van der Waals surface area contributed by atoms with Gasteiger partial charge in [-0.2, -0.15) is 0 Å². The van der Waals surface area contributed by atoms with Crippen molar-refractivity contribution in [2.75, 3.05) is 40.2 Å². The Bertz CT molecular complexity index is 2830. The third kappa shape index (κ3) is 13.3. The number of fused-ring (bicyclic) bond motifs is 1. The van der Waals surface area contributed by atoms with Crippen molar-refractivity contribution in [3.05, 3.63) is 78.8 Å². The normalized spacial score (nSPS) is 31.4. The maximum atomic E-state index is 14.9. The number of aryl methyl sites for hydroxylation is 1. The van der Waals surface area contributed by atoms with Crippen molar-refractivity contribution in [3.8, 4) is 11.3 Å². The Morgan fingerprint density at radius 2 is 1.71 bits per heavy atom. The molecule has 3 aliphatic heterocycles. The molecule has 0 saturated carbocycles. The standard InChI is InChI=1S/C54H74FIN8O13S/c1-31-25-53(6,73-9)48(75-50-46(68)41(24-32(2)74-50)61(8)23-19-38-28-64(60-59-38)42(26-55)45(67)36-15-17-39(18-16-36)78(10,71)72)34(4)44(66)35(5)49(69)76-51(56)54(7)47(33(3)43(31)65)63(52(70)77-54)22-12-11-21-62-29-40(58-30-62)37-14-13-20-57-27-37/h13-18,20,27-35,41-42,45-48,50-51,67-68H,11-12,19,21-26H2,1-10H3/t31-,32-,33+,34+,35-,41+,42-,45-,46-,47-,48-,50+,51+,53-,54+/m1/s1. The second kappa shape index (κ2) is 25.3. The molecule has 6 heterocycles. The van der Waals surface area contributed by atoms with Crippen LogP contribution in [0.3, 0.4) is 0 Å². The lowest BCUT2D eigenvalue weighted by Crippen LogP contribution is -2.60. The number of alkyl halides is 2. The molecule has 21 nitrogen and oxygen atoms in total. The molecule has 78 heavy (non-hydrogen) atoms. The number of Topliss-reactive ketones (excluding diaryl/α,β-unsaturated/α-hetero) is 2. The third-order valence-corrected chi connectivity index (χ3v) is 18.5. The van der Waals surface area contributed by atoms with Gasteiger partial charge >= 0.3 is 12.1 Å². The highest BCUT2D eigenvalue weighted by atomic mass is 127. The van der Waals surface area contributed by atoms with Crippen molar-refractivity contribution >= 4 is 56.1 Å². The monoisotopic (exact) mass is 1220 g/mol. The molecule has 3 saturated heterocycles. The number of likely N-dealkylation sites (N-methyl/N-ethyl adjacent to an activating group) is 1. The van der Waals surface area contributed by atoms with Crippen LogP contribution in [0.1, 0.15) is 97.6 Å². The first kappa shape index (κ1) is 60.8. The van der Waals surface area contributed by atoms with E-state index in [2.05, 4.69) is 20.3 Å². The number of aromatic nitrogens is 6. The Balaban J connectivity index is 1.06. The molecule has 0 aliphatic carbocycles. The first-order valence-electron chi connectivity index (χ1n) is 26.3. The van der Waals surface area contributed by atoms with Gasteiger partial charge in [0, 0.05) is 93.6 Å². The van der Waals surface area contributed by atoms with E-state index in [0.29, 0.717) is 50.0 Å². The van der Waals surface area contributed by atoms with Crippen molar-refractivity contribution in [1.82, 2.24) is 39.3 Å². The van der Waals surface area contributed by atoms with Crippen LogP contribution in [0.2, 0.25) is 0 Å². The van der Waals surface area contributed by atoms with E-state index in [1.165, 1.54) is 49.2 Å². The molecule has 1 amide bonds. The topological polar surface area (TPSA) is 257 Å². The Morgan fingerprint density at radius 1 is 1.00 bits per heavy atom. The van der Waals surface area contributed by atoms with E-state index >= 15 is 0 Å². The fourth-order valence-electron chi connectivity index (χ4n) is 11.2. The molecule has 0 radical (unpaired) electrons. The molecule has 0 spiro atoms. The van der Waals surface area contributed by atoms with Crippen molar-refractivity contribution in [2.24, 2.45) is 23.7 Å². The number of rotatable bonds is 18. The number of carbonyl (C=O) groups is 4. The van der Waals surface area contributed by atoms with Crippen LogP contribution in [0.25, 0.3) is 11.3 Å². The minimum atomic E-state index is -3.48. The average Bonchev–Trinajstić information content (AvgIpc) is 4.21. The number of cyclic esters (lactones) is 1. The highest BCUT2D eigenvalue weighted by Gasteiger charge is 2.60. The number of carbonyl (C=O) groups excluding carboxylic acids is 4. The number of imidazole rings is 1. The summed E-state index contributed by atoms with van der Waals surface area (Å²) < 4.78 is 71.9. The summed E-state index contributed by atoms with van der Waals surface area (Å²) in [5, 5.41) is 31.5. The molecule has 1 aromatic carbocycles. The lowest BCUT2D eigenvalue weighted by molar-refractivity contribution is -0.296. The molecule has 0 unspecified atom stereocenters. The first-order chi connectivity index (χ1) is 36.8. The van der Waals surface area contributed by atoms with Crippen LogP contribution < -0.4 is 0 Å². The van der Waals surface area contributed by atoms with Crippen LogP contribution >= 0.6 is 22.6 Å². The molecule has 15 atom stereocenters. The maximum absolute atomic E-state index is 14.9. The van der Waals surface area contributed by atoms with Gasteiger partial charge in [-0.15, -0.1) is 5.10 Å². The molecule has 3 aliphatic rings. The second-order valence-corrected chi connectivity index (χ2v) is 24.9. The van der Waals surface area contributed by atoms with E-state index in [9.17, 15) is 42.2 Å². The number of ketones is 2. The number of hydrogen-bond donors (Lipinski definition) is 2. The Kier molecular flexibility index (Phi) is 19.7. The number of methoxy groups -OCH3 is 1. The molecule has 24 heteroatoms. The summed E-state index contributed by atoms with van der Waals surface area (Å²) in [6, 6.07) is 6.75. The fraction of sp³-hybridized carbons (Fsp3) is 0.630. The molecular formula is C54H74FIN8O13S. The van der Waals surface area contributed by atoms with Crippen LogP contribution in [0, 0.1) is 23.7 Å². The minimum absolute atomic E-state index is 0.0315. The number of aliphatic hydroxyl groups excluding tert-OH is 2. The van der Waals surface area contributed by atoms with E-state index in [-0.39, 0.29) is 23.6 Å². The fourth-order valence-corrected chi connectivity index (χ4v) is 12.6. The van der Waals surface area contributed by atoms with Crippen molar-refractivity contribution < 1.29 is 65.9 Å². The SMILES string of the molecule is CO[C@]1(C)C[C@@H](C)C(=O)[C@H](C)[C@H]2N(CCCCn3cnc(-c4cccnc4)c3)C(=O)O[C@]2(C)[C@@H](I)OC(=O)[C@H](C)C(=O)[C@H](C)[C@H]1O[C@@H]1O[C@H](C)C[C@H](N(C)CCc2cn([C@H](CF)[C@H](O)c3ccc(S(C)(=O)=O)cc3)nn2)[C@H]1O. The van der Waals surface area contributed by atoms with Crippen LogP contribution in [-0.2, 0) is 60.9 Å². The van der Waals surface area contributed by atoms with Gasteiger partial charge in [0.2, 0.25) is 0 Å². The minimum Gasteiger partial charge on any atom is -0.447 e. The first-order valence-corrected chi connectivity index (χ1v) is 29.5. The molecule has 4 aromatic rings. The highest BCUT2D eigenvalue weighted by Crippen LogP contribution is 2.44. The molecule has 7 rings (SSSR count). The zero-order valence-electron chi connectivity index (χ0n) is 45.8. The predicted molar refractivity (Wildman–Crippen MR) is 290 cm³/mol. The van der Waals surface area contributed by atoms with E-state index in [1.54, 1.807) is 58.2 Å². The molecule has 3 fully saturated rings. The number of amides is 1. The Hall–Kier alpha value is -4.83. The van der Waals surface area contributed by atoms with Crippen LogP contribution in [0.4, 0.5) is 9.18 Å². The van der Waals surface area contributed by atoms with Crippen LogP contribution in [-0.4, -0.2) is 174 Å². The van der Waals surface area contributed by atoms with Crippen molar-refractivity contribution in [3.63, 3.8) is 0 Å². The number of sulfone groups is 1. The van der Waals surface area contributed by atoms with Gasteiger partial charge in [-0.1, -0.05) is 38.1 Å². The number of aliphatic hydroxyl groups is 2. The number of nitrogens with zero attached hydrogens (tertiary/aromatic N) is 8. The van der Waals surface area contributed by atoms with Crippen LogP contribution in [0.5, 0.6) is 0 Å². The molecular weight excluding hydrogens is 1150 g/mol. The average molecular weight is 1220 g/mol. The van der Waals surface area contributed by atoms with Gasteiger partial charge in [-0.3, -0.25) is 19.4 Å². The summed E-state index contributed by atoms with van der Waals surface area (Å²) >= 11 is 1.90. The number of esters is 1. The summed E-state index contributed by atoms with van der Waals surface area (Å²) in [5.74, 6) is -5.62. The predicted octanol–water partition coefficient (Wildman–Crippen LogP) is 5.76. The number of pyridine rings is 1. The van der Waals surface area contributed by atoms with Gasteiger partial charge in [0.25, 0.3) is 0 Å². The number of benzene rings is 1. The molecule has 0 bridgehead atoms. The van der Waals surface area contributed by atoms with Gasteiger partial charge in [-0.05, 0) is 113 Å². The van der Waals surface area contributed by atoms with Crippen molar-refractivity contribution in [2.45, 2.75) is 156 Å². The van der Waals surface area contributed by atoms with Gasteiger partial charge in [0.1, 0.15) is 36.6 Å². The Labute approximate surface area is 468 Å². The smallest absolute Gasteiger partial charge is 0.410 e. The van der Waals surface area contributed by atoms with E-state index in [1.807, 2.05) is 64.4 Å². The van der Waals surface area contributed by atoms with E-state index in [4.69, 9.17) is 23.7 Å². The number of unbranched alkanes of at least 4 members (excludes halogenated alkanes) is 1. The number of hydrogen-bond acceptors (Lipinski definition) is 18. The van der Waals surface area contributed by atoms with Gasteiger partial charge < -0.3 is 48.3 Å². The zero-order chi connectivity index (χ0) is 57.0. The molecule has 3 aromatic heterocycles. The van der Waals surface area contributed by atoms with Gasteiger partial charge in [0.05, 0.1) is 46.5 Å². The van der Waals surface area contributed by atoms with Crippen LogP contribution in [0.15, 0.2) is 72.4 Å². The zero-order valence-corrected chi connectivity index (χ0v) is 48.8. The largest absolute Gasteiger partial charge is 0.447 e. The summed E-state index contributed by atoms with van der Waals surface area (Å²) in [5.41, 5.74) is -0.440. The number of ether oxygens (including phenoxy) is 5. The molecule has 428 valence electrons. The van der Waals surface area contributed by atoms with Gasteiger partial charge in [0.15, 0.2) is 31.6 Å². The van der Waals surface area contributed by atoms with Gasteiger partial charge in [-0.25, -0.2) is 27.3 Å². The van der Waals surface area contributed by atoms with E-state index < -0.39 is 122 Å². The lowest BCUT2D eigenvalue weighted by atomic mass is 9.74. The number of halogens is 2. The lowest BCUT2D eigenvalue weighted by Gasteiger charge is -2.47. The summed E-state index contributed by atoms with van der Waals surface area (Å²) in [6.07, 6.45) is 5.40. The summed E-state index contributed by atoms with van der Waals surface area (Å²) in [6.45, 7) is 12.0.